The number of Topliss-reactive ketones (excluding diaryl/α,β-unsaturated/α-hetero) is 1. The number of ketones is 1. The number of carbonyl (C=O) groups is 1. The van der Waals surface area contributed by atoms with Crippen molar-refractivity contribution in [3.63, 3.8) is 0 Å². The van der Waals surface area contributed by atoms with E-state index in [1.807, 2.05) is 50.2 Å². The maximum Gasteiger partial charge on any atom is 0.203 e. The number of aryl methyl sites for hydroxylation is 1. The van der Waals surface area contributed by atoms with Gasteiger partial charge in [-0.05, 0) is 37.1 Å². The summed E-state index contributed by atoms with van der Waals surface area (Å²) in [6, 6.07) is 14.6. The quantitative estimate of drug-likeness (QED) is 0.746. The molecule has 20 heavy (non-hydrogen) atoms. The van der Waals surface area contributed by atoms with E-state index in [1.165, 1.54) is 0 Å². The van der Waals surface area contributed by atoms with Crippen molar-refractivity contribution in [1.82, 2.24) is 0 Å². The maximum atomic E-state index is 12.4. The Morgan fingerprint density at radius 3 is 2.50 bits per heavy atom. The van der Waals surface area contributed by atoms with Crippen molar-refractivity contribution in [2.24, 2.45) is 0 Å². The molecule has 2 aromatic rings. The van der Waals surface area contributed by atoms with E-state index in [0.29, 0.717) is 22.8 Å². The van der Waals surface area contributed by atoms with Gasteiger partial charge in [-0.1, -0.05) is 48.9 Å². The SMILES string of the molecule is CCC(Oc1ccc(Cl)cc1C)C(=O)c1ccccc1. The summed E-state index contributed by atoms with van der Waals surface area (Å²) in [5.41, 5.74) is 1.60. The van der Waals surface area contributed by atoms with E-state index >= 15 is 0 Å². The molecular weight excluding hydrogens is 272 g/mol. The van der Waals surface area contributed by atoms with Crippen molar-refractivity contribution in [3.05, 3.63) is 64.7 Å². The lowest BCUT2D eigenvalue weighted by molar-refractivity contribution is 0.0785. The number of halogens is 1. The van der Waals surface area contributed by atoms with E-state index in [0.717, 1.165) is 5.56 Å². The van der Waals surface area contributed by atoms with Crippen LogP contribution in [0.25, 0.3) is 0 Å². The largest absolute Gasteiger partial charge is 0.482 e. The molecule has 2 rings (SSSR count). The Morgan fingerprint density at radius 1 is 1.20 bits per heavy atom. The van der Waals surface area contributed by atoms with Crippen LogP contribution >= 0.6 is 11.6 Å². The van der Waals surface area contributed by atoms with Gasteiger partial charge in [-0.2, -0.15) is 0 Å². The third-order valence-corrected chi connectivity index (χ3v) is 3.36. The summed E-state index contributed by atoms with van der Waals surface area (Å²) in [5, 5.41) is 0.664. The molecule has 0 aliphatic carbocycles. The maximum absolute atomic E-state index is 12.4. The minimum absolute atomic E-state index is 0.00227. The second-order valence-corrected chi connectivity index (χ2v) is 5.09. The molecule has 0 radical (unpaired) electrons. The van der Waals surface area contributed by atoms with Crippen LogP contribution in [0.15, 0.2) is 48.5 Å². The Morgan fingerprint density at radius 2 is 1.90 bits per heavy atom. The molecule has 1 atom stereocenters. The van der Waals surface area contributed by atoms with Gasteiger partial charge in [0.25, 0.3) is 0 Å². The zero-order valence-electron chi connectivity index (χ0n) is 11.6. The molecule has 0 saturated heterocycles. The highest BCUT2D eigenvalue weighted by molar-refractivity contribution is 6.30. The van der Waals surface area contributed by atoms with Crippen LogP contribution in [0, 0.1) is 6.92 Å². The Kier molecular flexibility index (Phi) is 4.80. The molecule has 2 nitrogen and oxygen atoms in total. The zero-order valence-corrected chi connectivity index (χ0v) is 12.4. The van der Waals surface area contributed by atoms with Gasteiger partial charge >= 0.3 is 0 Å². The lowest BCUT2D eigenvalue weighted by Gasteiger charge is -2.18. The van der Waals surface area contributed by atoms with Gasteiger partial charge in [-0.3, -0.25) is 4.79 Å². The number of hydrogen-bond acceptors (Lipinski definition) is 2. The Hall–Kier alpha value is -1.80. The first-order valence-corrected chi connectivity index (χ1v) is 7.01. The lowest BCUT2D eigenvalue weighted by Crippen LogP contribution is -2.27. The van der Waals surface area contributed by atoms with Crippen LogP contribution in [0.4, 0.5) is 0 Å². The molecule has 0 aliphatic heterocycles. The number of rotatable bonds is 5. The minimum atomic E-state index is -0.475. The molecule has 1 unspecified atom stereocenters. The number of benzene rings is 2. The monoisotopic (exact) mass is 288 g/mol. The molecule has 0 bridgehead atoms. The average Bonchev–Trinajstić information content (AvgIpc) is 2.47. The van der Waals surface area contributed by atoms with Gasteiger partial charge in [-0.25, -0.2) is 0 Å². The normalized spacial score (nSPS) is 11.9. The number of carbonyl (C=O) groups excluding carboxylic acids is 1. The van der Waals surface area contributed by atoms with E-state index < -0.39 is 6.10 Å². The van der Waals surface area contributed by atoms with Gasteiger partial charge in [-0.15, -0.1) is 0 Å². The van der Waals surface area contributed by atoms with Gasteiger partial charge in [0.2, 0.25) is 5.78 Å². The van der Waals surface area contributed by atoms with Gasteiger partial charge in [0, 0.05) is 10.6 Å². The predicted molar refractivity (Wildman–Crippen MR) is 81.7 cm³/mol. The first-order valence-electron chi connectivity index (χ1n) is 6.64. The van der Waals surface area contributed by atoms with Crippen LogP contribution in [0.3, 0.4) is 0 Å². The summed E-state index contributed by atoms with van der Waals surface area (Å²) in [6.45, 7) is 3.86. The second-order valence-electron chi connectivity index (χ2n) is 4.65. The average molecular weight is 289 g/mol. The van der Waals surface area contributed by atoms with E-state index in [9.17, 15) is 4.79 Å². The predicted octanol–water partition coefficient (Wildman–Crippen LogP) is 4.69. The van der Waals surface area contributed by atoms with Gasteiger partial charge in [0.1, 0.15) is 5.75 Å². The van der Waals surface area contributed by atoms with Crippen LogP contribution in [-0.2, 0) is 0 Å². The number of ether oxygens (including phenoxy) is 1. The minimum Gasteiger partial charge on any atom is -0.482 e. The molecule has 0 spiro atoms. The first-order chi connectivity index (χ1) is 9.61. The second kappa shape index (κ2) is 6.58. The van der Waals surface area contributed by atoms with Crippen LogP contribution < -0.4 is 4.74 Å². The fourth-order valence-corrected chi connectivity index (χ4v) is 2.24. The molecule has 0 fully saturated rings. The summed E-state index contributed by atoms with van der Waals surface area (Å²) < 4.78 is 5.86. The Balaban J connectivity index is 2.19. The molecule has 104 valence electrons. The molecule has 0 N–H and O–H groups in total. The summed E-state index contributed by atoms with van der Waals surface area (Å²) >= 11 is 5.92. The van der Waals surface area contributed by atoms with Crippen molar-refractivity contribution in [2.45, 2.75) is 26.4 Å². The Bertz CT molecular complexity index is 593. The highest BCUT2D eigenvalue weighted by Crippen LogP contribution is 2.24. The third-order valence-electron chi connectivity index (χ3n) is 3.13. The standard InChI is InChI=1S/C17H17ClO2/c1-3-15(17(19)13-7-5-4-6-8-13)20-16-10-9-14(18)11-12(16)2/h4-11,15H,3H2,1-2H3. The molecule has 0 amide bonds. The van der Waals surface area contributed by atoms with Crippen molar-refractivity contribution in [2.75, 3.05) is 0 Å². The van der Waals surface area contributed by atoms with Crippen molar-refractivity contribution < 1.29 is 9.53 Å². The molecule has 3 heteroatoms. The molecule has 0 heterocycles. The fraction of sp³-hybridized carbons (Fsp3) is 0.235. The van der Waals surface area contributed by atoms with E-state index in [-0.39, 0.29) is 5.78 Å². The summed E-state index contributed by atoms with van der Waals surface area (Å²) in [6.07, 6.45) is 0.146. The highest BCUT2D eigenvalue weighted by Gasteiger charge is 2.20. The van der Waals surface area contributed by atoms with Gasteiger partial charge < -0.3 is 4.74 Å². The Labute approximate surface area is 124 Å². The topological polar surface area (TPSA) is 26.3 Å². The highest BCUT2D eigenvalue weighted by atomic mass is 35.5. The zero-order chi connectivity index (χ0) is 14.5. The van der Waals surface area contributed by atoms with E-state index in [4.69, 9.17) is 16.3 Å². The molecule has 0 aromatic heterocycles. The van der Waals surface area contributed by atoms with Crippen LogP contribution in [-0.4, -0.2) is 11.9 Å². The summed E-state index contributed by atoms with van der Waals surface area (Å²) in [4.78, 5) is 12.4. The van der Waals surface area contributed by atoms with E-state index in [1.54, 1.807) is 12.1 Å². The van der Waals surface area contributed by atoms with Crippen molar-refractivity contribution in [3.8, 4) is 5.75 Å². The lowest BCUT2D eigenvalue weighted by atomic mass is 10.0. The fourth-order valence-electron chi connectivity index (χ4n) is 2.01. The molecule has 0 aliphatic rings. The third kappa shape index (κ3) is 3.40. The van der Waals surface area contributed by atoms with E-state index in [2.05, 4.69) is 0 Å². The smallest absolute Gasteiger partial charge is 0.203 e. The van der Waals surface area contributed by atoms with Crippen LogP contribution in [0.5, 0.6) is 5.75 Å². The van der Waals surface area contributed by atoms with Gasteiger partial charge in [0.05, 0.1) is 0 Å². The van der Waals surface area contributed by atoms with Crippen molar-refractivity contribution >= 4 is 17.4 Å². The summed E-state index contributed by atoms with van der Waals surface area (Å²) in [7, 11) is 0. The summed E-state index contributed by atoms with van der Waals surface area (Å²) in [5.74, 6) is 0.702. The number of hydrogen-bond donors (Lipinski definition) is 0. The van der Waals surface area contributed by atoms with Crippen LogP contribution in [0.1, 0.15) is 29.3 Å². The molecular formula is C17H17ClO2. The molecule has 2 aromatic carbocycles. The molecule has 0 saturated carbocycles. The van der Waals surface area contributed by atoms with Crippen LogP contribution in [0.2, 0.25) is 5.02 Å². The first kappa shape index (κ1) is 14.6. The van der Waals surface area contributed by atoms with Gasteiger partial charge in [0.15, 0.2) is 6.10 Å². The van der Waals surface area contributed by atoms with Crippen molar-refractivity contribution in [1.29, 1.82) is 0 Å².